The normalized spacial score (nSPS) is 11.4. The quantitative estimate of drug-likeness (QED) is 0.862. The summed E-state index contributed by atoms with van der Waals surface area (Å²) < 4.78 is 0. The third kappa shape index (κ3) is 4.35. The van der Waals surface area contributed by atoms with Crippen LogP contribution in [0.3, 0.4) is 0 Å². The second-order valence-corrected chi connectivity index (χ2v) is 5.96. The van der Waals surface area contributed by atoms with Gasteiger partial charge in [0.1, 0.15) is 0 Å². The van der Waals surface area contributed by atoms with E-state index in [0.29, 0.717) is 12.0 Å². The highest BCUT2D eigenvalue weighted by Gasteiger charge is 2.16. The van der Waals surface area contributed by atoms with E-state index in [4.69, 9.17) is 0 Å². The topological polar surface area (TPSA) is 62.0 Å². The summed E-state index contributed by atoms with van der Waals surface area (Å²) in [7, 11) is 0. The van der Waals surface area contributed by atoms with Gasteiger partial charge in [-0.3, -0.25) is 9.59 Å². The van der Waals surface area contributed by atoms with Crippen molar-refractivity contribution in [3.63, 3.8) is 0 Å². The van der Waals surface area contributed by atoms with Gasteiger partial charge in [0.05, 0.1) is 0 Å². The molecule has 4 heteroatoms. The summed E-state index contributed by atoms with van der Waals surface area (Å²) in [6, 6.07) is 1.91. The van der Waals surface area contributed by atoms with Crippen molar-refractivity contribution in [1.29, 1.82) is 0 Å². The zero-order valence-corrected chi connectivity index (χ0v) is 11.8. The van der Waals surface area contributed by atoms with Gasteiger partial charge >= 0.3 is 0 Å². The van der Waals surface area contributed by atoms with Gasteiger partial charge in [0.25, 0.3) is 5.56 Å². The molecule has 18 heavy (non-hydrogen) atoms. The van der Waals surface area contributed by atoms with Crippen LogP contribution in [0.1, 0.15) is 44.0 Å². The van der Waals surface area contributed by atoms with Crippen molar-refractivity contribution in [2.45, 2.75) is 47.6 Å². The van der Waals surface area contributed by atoms with Crippen LogP contribution in [0.25, 0.3) is 0 Å². The lowest BCUT2D eigenvalue weighted by Gasteiger charge is -2.17. The molecule has 2 N–H and O–H groups in total. The summed E-state index contributed by atoms with van der Waals surface area (Å²) in [6.07, 6.45) is 0.454. The molecule has 1 amide bonds. The third-order valence-electron chi connectivity index (χ3n) is 2.65. The van der Waals surface area contributed by atoms with E-state index in [1.54, 1.807) is 0 Å². The van der Waals surface area contributed by atoms with Gasteiger partial charge in [-0.15, -0.1) is 0 Å². The van der Waals surface area contributed by atoms with Crippen molar-refractivity contribution in [2.75, 3.05) is 0 Å². The first-order valence-electron chi connectivity index (χ1n) is 6.15. The zero-order chi connectivity index (χ0) is 13.9. The maximum atomic E-state index is 11.8. The molecule has 0 aromatic carbocycles. The van der Waals surface area contributed by atoms with Crippen molar-refractivity contribution in [3.05, 3.63) is 33.2 Å². The first kappa shape index (κ1) is 14.5. The Hall–Kier alpha value is -1.58. The van der Waals surface area contributed by atoms with E-state index >= 15 is 0 Å². The monoisotopic (exact) mass is 250 g/mol. The molecular formula is C14H22N2O2. The summed E-state index contributed by atoms with van der Waals surface area (Å²) in [5, 5.41) is 2.80. The van der Waals surface area contributed by atoms with Crippen LogP contribution in [-0.4, -0.2) is 10.9 Å². The number of amides is 1. The Morgan fingerprint density at radius 1 is 1.33 bits per heavy atom. The predicted octanol–water partition coefficient (Wildman–Crippen LogP) is 2.04. The number of hydrogen-bond donors (Lipinski definition) is 2. The fourth-order valence-corrected chi connectivity index (χ4v) is 1.83. The maximum Gasteiger partial charge on any atom is 0.253 e. The Kier molecular flexibility index (Phi) is 4.33. The van der Waals surface area contributed by atoms with E-state index in [2.05, 4.69) is 10.3 Å². The maximum absolute atomic E-state index is 11.8. The van der Waals surface area contributed by atoms with E-state index in [9.17, 15) is 9.59 Å². The second kappa shape index (κ2) is 5.38. The molecule has 4 nitrogen and oxygen atoms in total. The van der Waals surface area contributed by atoms with Gasteiger partial charge in [0, 0.05) is 24.2 Å². The molecular weight excluding hydrogens is 228 g/mol. The lowest BCUT2D eigenvalue weighted by Crippen LogP contribution is -2.30. The van der Waals surface area contributed by atoms with E-state index < -0.39 is 0 Å². The smallest absolute Gasteiger partial charge is 0.253 e. The van der Waals surface area contributed by atoms with Crippen LogP contribution in [0.15, 0.2) is 10.9 Å². The van der Waals surface area contributed by atoms with Crippen LogP contribution in [0.2, 0.25) is 0 Å². The molecule has 0 atom stereocenters. The Labute approximate surface area is 108 Å². The van der Waals surface area contributed by atoms with Gasteiger partial charge in [-0.1, -0.05) is 20.8 Å². The number of carbonyl (C=O) groups excluding carboxylic acids is 1. The average Bonchev–Trinajstić information content (AvgIpc) is 2.12. The minimum absolute atomic E-state index is 0.0260. The fourth-order valence-electron chi connectivity index (χ4n) is 1.83. The Bertz CT molecular complexity index is 495. The molecule has 0 spiro atoms. The average molecular weight is 250 g/mol. The van der Waals surface area contributed by atoms with Crippen molar-refractivity contribution >= 4 is 5.91 Å². The molecule has 0 saturated heterocycles. The minimum Gasteiger partial charge on any atom is -0.352 e. The van der Waals surface area contributed by atoms with E-state index in [0.717, 1.165) is 11.3 Å². The SMILES string of the molecule is Cc1cc(C)c(CNC(=O)CC(C)(C)C)c(=O)[nH]1. The van der Waals surface area contributed by atoms with Crippen molar-refractivity contribution < 1.29 is 4.79 Å². The molecule has 0 unspecified atom stereocenters. The molecule has 0 bridgehead atoms. The van der Waals surface area contributed by atoms with Gasteiger partial charge in [-0.05, 0) is 30.9 Å². The first-order valence-corrected chi connectivity index (χ1v) is 6.15. The van der Waals surface area contributed by atoms with Crippen molar-refractivity contribution in [3.8, 4) is 0 Å². The predicted molar refractivity (Wildman–Crippen MR) is 72.5 cm³/mol. The second-order valence-electron chi connectivity index (χ2n) is 5.96. The Morgan fingerprint density at radius 3 is 2.44 bits per heavy atom. The number of aryl methyl sites for hydroxylation is 2. The highest BCUT2D eigenvalue weighted by molar-refractivity contribution is 5.76. The summed E-state index contributed by atoms with van der Waals surface area (Å²) in [6.45, 7) is 10.0. The van der Waals surface area contributed by atoms with E-state index in [1.165, 1.54) is 0 Å². The fraction of sp³-hybridized carbons (Fsp3) is 0.571. The standard InChI is InChI=1S/C14H22N2O2/c1-9-6-10(2)16-13(18)11(9)8-15-12(17)7-14(3,4)5/h6H,7-8H2,1-5H3,(H,15,17)(H,16,18). The summed E-state index contributed by atoms with van der Waals surface area (Å²) >= 11 is 0. The first-order chi connectivity index (χ1) is 8.19. The number of pyridine rings is 1. The minimum atomic E-state index is -0.122. The lowest BCUT2D eigenvalue weighted by molar-refractivity contribution is -0.122. The van der Waals surface area contributed by atoms with E-state index in [1.807, 2.05) is 40.7 Å². The van der Waals surface area contributed by atoms with Crippen molar-refractivity contribution in [1.82, 2.24) is 10.3 Å². The van der Waals surface area contributed by atoms with Crippen molar-refractivity contribution in [2.24, 2.45) is 5.41 Å². The van der Waals surface area contributed by atoms with Crippen LogP contribution in [0.4, 0.5) is 0 Å². The summed E-state index contributed by atoms with van der Waals surface area (Å²) in [5.74, 6) is -0.0260. The van der Waals surface area contributed by atoms with Gasteiger partial charge < -0.3 is 10.3 Å². The number of carbonyl (C=O) groups is 1. The van der Waals surface area contributed by atoms with Crippen LogP contribution < -0.4 is 10.9 Å². The molecule has 0 saturated carbocycles. The molecule has 1 aromatic heterocycles. The number of rotatable bonds is 3. The number of H-pyrrole nitrogens is 1. The van der Waals surface area contributed by atoms with Crippen LogP contribution in [0.5, 0.6) is 0 Å². The lowest BCUT2D eigenvalue weighted by atomic mass is 9.92. The molecule has 1 heterocycles. The van der Waals surface area contributed by atoms with Crippen LogP contribution >= 0.6 is 0 Å². The third-order valence-corrected chi connectivity index (χ3v) is 2.65. The Balaban J connectivity index is 2.70. The van der Waals surface area contributed by atoms with Gasteiger partial charge in [0.2, 0.25) is 5.91 Å². The highest BCUT2D eigenvalue weighted by atomic mass is 16.1. The zero-order valence-electron chi connectivity index (χ0n) is 11.8. The largest absolute Gasteiger partial charge is 0.352 e. The number of hydrogen-bond acceptors (Lipinski definition) is 2. The molecule has 0 aliphatic rings. The van der Waals surface area contributed by atoms with Gasteiger partial charge in [0.15, 0.2) is 0 Å². The summed E-state index contributed by atoms with van der Waals surface area (Å²) in [5.41, 5.74) is 2.21. The number of nitrogens with one attached hydrogen (secondary N) is 2. The van der Waals surface area contributed by atoms with E-state index in [-0.39, 0.29) is 23.4 Å². The van der Waals surface area contributed by atoms with Crippen LogP contribution in [-0.2, 0) is 11.3 Å². The van der Waals surface area contributed by atoms with Crippen LogP contribution in [0, 0.1) is 19.3 Å². The highest BCUT2D eigenvalue weighted by Crippen LogP contribution is 2.17. The molecule has 1 aromatic rings. The van der Waals surface area contributed by atoms with Gasteiger partial charge in [-0.2, -0.15) is 0 Å². The Morgan fingerprint density at radius 2 is 1.94 bits per heavy atom. The number of aromatic amines is 1. The molecule has 100 valence electrons. The summed E-state index contributed by atoms with van der Waals surface area (Å²) in [4.78, 5) is 26.2. The number of aromatic nitrogens is 1. The molecule has 0 aliphatic heterocycles. The molecule has 0 fully saturated rings. The molecule has 0 radical (unpaired) electrons. The molecule has 1 rings (SSSR count). The molecule has 0 aliphatic carbocycles. The van der Waals surface area contributed by atoms with Gasteiger partial charge in [-0.25, -0.2) is 0 Å².